The molecule has 1 saturated heterocycles. The van der Waals surface area contributed by atoms with E-state index < -0.39 is 0 Å². The minimum Gasteiger partial charge on any atom is -0.310 e. The van der Waals surface area contributed by atoms with E-state index in [1.54, 1.807) is 18.2 Å². The topological polar surface area (TPSA) is 12.0 Å². The summed E-state index contributed by atoms with van der Waals surface area (Å²) in [4.78, 5) is 0. The molecule has 1 aromatic carbocycles. The zero-order valence-electron chi connectivity index (χ0n) is 6.89. The fourth-order valence-electron chi connectivity index (χ4n) is 1.34. The number of benzene rings is 1. The van der Waals surface area contributed by atoms with Crippen molar-refractivity contribution in [2.24, 2.45) is 0 Å². The van der Waals surface area contributed by atoms with Gasteiger partial charge in [0.2, 0.25) is 0 Å². The highest BCUT2D eigenvalue weighted by Gasteiger charge is 2.22. The summed E-state index contributed by atoms with van der Waals surface area (Å²) in [6, 6.07) is 5.29. The molecule has 1 N–H and O–H groups in total. The maximum Gasteiger partial charge on any atom is 0.146 e. The summed E-state index contributed by atoms with van der Waals surface area (Å²) >= 11 is 5.64. The van der Waals surface area contributed by atoms with Crippen molar-refractivity contribution < 1.29 is 4.39 Å². The van der Waals surface area contributed by atoms with E-state index in [1.165, 1.54) is 0 Å². The van der Waals surface area contributed by atoms with Gasteiger partial charge in [0.05, 0.1) is 5.02 Å². The normalized spacial score (nSPS) is 20.3. The molecule has 0 saturated carbocycles. The number of hydrogen-bond acceptors (Lipinski definition) is 1. The highest BCUT2D eigenvalue weighted by molar-refractivity contribution is 6.30. The zero-order valence-corrected chi connectivity index (χ0v) is 8.46. The van der Waals surface area contributed by atoms with E-state index in [4.69, 9.17) is 11.6 Å². The van der Waals surface area contributed by atoms with Crippen molar-refractivity contribution in [3.8, 4) is 0 Å². The Kier molecular flexibility index (Phi) is 3.54. The van der Waals surface area contributed by atoms with Gasteiger partial charge in [-0.25, -0.2) is 4.39 Å². The third kappa shape index (κ3) is 1.96. The summed E-state index contributed by atoms with van der Waals surface area (Å²) in [7, 11) is 0. The maximum atomic E-state index is 13.3. The average Bonchev–Trinajstić information content (AvgIpc) is 1.95. The first kappa shape index (κ1) is 10.8. The first-order valence-corrected chi connectivity index (χ1v) is 4.34. The molecule has 0 aliphatic carbocycles. The van der Waals surface area contributed by atoms with Gasteiger partial charge in [-0.05, 0) is 19.0 Å². The van der Waals surface area contributed by atoms with Crippen LogP contribution in [0.15, 0.2) is 18.2 Å². The van der Waals surface area contributed by atoms with Crippen LogP contribution in [0.25, 0.3) is 0 Å². The van der Waals surface area contributed by atoms with E-state index in [0.29, 0.717) is 5.56 Å². The molecule has 0 bridgehead atoms. The number of halogens is 3. The van der Waals surface area contributed by atoms with Gasteiger partial charge in [0, 0.05) is 11.6 Å². The molecule has 1 nitrogen and oxygen atoms in total. The van der Waals surface area contributed by atoms with Crippen molar-refractivity contribution in [1.82, 2.24) is 5.32 Å². The van der Waals surface area contributed by atoms with Gasteiger partial charge in [0.1, 0.15) is 5.82 Å². The minimum absolute atomic E-state index is 0. The Morgan fingerprint density at radius 3 is 2.69 bits per heavy atom. The second-order valence-corrected chi connectivity index (χ2v) is 3.35. The van der Waals surface area contributed by atoms with E-state index in [9.17, 15) is 4.39 Å². The molecule has 1 atom stereocenters. The molecule has 0 amide bonds. The summed E-state index contributed by atoms with van der Waals surface area (Å²) in [5.74, 6) is -0.281. The van der Waals surface area contributed by atoms with E-state index in [-0.39, 0.29) is 29.3 Å². The van der Waals surface area contributed by atoms with Crippen LogP contribution in [-0.2, 0) is 0 Å². The fourth-order valence-corrected chi connectivity index (χ4v) is 1.53. The lowest BCUT2D eigenvalue weighted by molar-refractivity contribution is 0.370. The minimum atomic E-state index is -0.281. The Labute approximate surface area is 87.7 Å². The first-order chi connectivity index (χ1) is 5.79. The molecule has 2 rings (SSSR count). The van der Waals surface area contributed by atoms with E-state index in [2.05, 4.69) is 5.32 Å². The predicted molar refractivity (Wildman–Crippen MR) is 54.0 cm³/mol. The SMILES string of the molecule is Cl.Fc1c(Cl)cccc1[C@H]1CCN1. The third-order valence-corrected chi connectivity index (χ3v) is 2.47. The summed E-state index contributed by atoms with van der Waals surface area (Å²) in [6.07, 6.45) is 0.997. The predicted octanol–water partition coefficient (Wildman–Crippen LogP) is 2.94. The summed E-state index contributed by atoms with van der Waals surface area (Å²) in [5, 5.41) is 3.34. The Balaban J connectivity index is 0.000000845. The molecule has 0 unspecified atom stereocenters. The molecule has 1 aliphatic heterocycles. The second-order valence-electron chi connectivity index (χ2n) is 2.94. The molecule has 1 aromatic rings. The summed E-state index contributed by atoms with van der Waals surface area (Å²) in [5.41, 5.74) is 0.689. The molecule has 0 radical (unpaired) electrons. The van der Waals surface area contributed by atoms with Crippen LogP contribution in [0.2, 0.25) is 5.02 Å². The lowest BCUT2D eigenvalue weighted by atomic mass is 9.98. The van der Waals surface area contributed by atoms with Crippen molar-refractivity contribution in [1.29, 1.82) is 0 Å². The van der Waals surface area contributed by atoms with Crippen molar-refractivity contribution in [3.63, 3.8) is 0 Å². The number of nitrogens with one attached hydrogen (secondary N) is 1. The van der Waals surface area contributed by atoms with Gasteiger partial charge in [-0.15, -0.1) is 12.4 Å². The quantitative estimate of drug-likeness (QED) is 0.770. The first-order valence-electron chi connectivity index (χ1n) is 3.96. The van der Waals surface area contributed by atoms with Crippen molar-refractivity contribution in [3.05, 3.63) is 34.6 Å². The van der Waals surface area contributed by atoms with Crippen LogP contribution < -0.4 is 5.32 Å². The third-order valence-electron chi connectivity index (χ3n) is 2.18. The molecule has 13 heavy (non-hydrogen) atoms. The summed E-state index contributed by atoms with van der Waals surface area (Å²) < 4.78 is 13.3. The molecule has 1 heterocycles. The van der Waals surface area contributed by atoms with Crippen LogP contribution in [0.4, 0.5) is 4.39 Å². The van der Waals surface area contributed by atoms with Crippen molar-refractivity contribution in [2.45, 2.75) is 12.5 Å². The Hall–Kier alpha value is -0.310. The Morgan fingerprint density at radius 1 is 1.46 bits per heavy atom. The number of hydrogen-bond donors (Lipinski definition) is 1. The molecule has 4 heteroatoms. The van der Waals surface area contributed by atoms with Gasteiger partial charge in [-0.1, -0.05) is 23.7 Å². The Bertz CT molecular complexity index is 300. The highest BCUT2D eigenvalue weighted by Crippen LogP contribution is 2.28. The van der Waals surface area contributed by atoms with Gasteiger partial charge >= 0.3 is 0 Å². The standard InChI is InChI=1S/C9H9ClFN.ClH/c10-7-3-1-2-6(9(7)11)8-4-5-12-8;/h1-3,8,12H,4-5H2;1H/t8-;/m1./s1. The lowest BCUT2D eigenvalue weighted by Crippen LogP contribution is -2.35. The molecule has 72 valence electrons. The maximum absolute atomic E-state index is 13.3. The molecule has 1 fully saturated rings. The second kappa shape index (κ2) is 4.27. The monoisotopic (exact) mass is 221 g/mol. The van der Waals surface area contributed by atoms with Crippen molar-refractivity contribution in [2.75, 3.05) is 6.54 Å². The largest absolute Gasteiger partial charge is 0.310 e. The van der Waals surface area contributed by atoms with Gasteiger partial charge < -0.3 is 5.32 Å². The number of rotatable bonds is 1. The summed E-state index contributed by atoms with van der Waals surface area (Å²) in [6.45, 7) is 0.969. The van der Waals surface area contributed by atoms with E-state index in [0.717, 1.165) is 13.0 Å². The molecular weight excluding hydrogens is 212 g/mol. The van der Waals surface area contributed by atoms with Crippen LogP contribution in [0.5, 0.6) is 0 Å². The van der Waals surface area contributed by atoms with Gasteiger partial charge in [-0.2, -0.15) is 0 Å². The van der Waals surface area contributed by atoms with Crippen molar-refractivity contribution >= 4 is 24.0 Å². The van der Waals surface area contributed by atoms with Crippen LogP contribution in [0, 0.1) is 5.82 Å². The molecule has 0 spiro atoms. The van der Waals surface area contributed by atoms with Crippen LogP contribution >= 0.6 is 24.0 Å². The molecular formula is C9H10Cl2FN. The average molecular weight is 222 g/mol. The van der Waals surface area contributed by atoms with E-state index in [1.807, 2.05) is 0 Å². The molecule has 0 aromatic heterocycles. The lowest BCUT2D eigenvalue weighted by Gasteiger charge is -2.28. The van der Waals surface area contributed by atoms with E-state index >= 15 is 0 Å². The fraction of sp³-hybridized carbons (Fsp3) is 0.333. The van der Waals surface area contributed by atoms with Gasteiger partial charge in [-0.3, -0.25) is 0 Å². The van der Waals surface area contributed by atoms with Gasteiger partial charge in [0.15, 0.2) is 0 Å². The Morgan fingerprint density at radius 2 is 2.15 bits per heavy atom. The smallest absolute Gasteiger partial charge is 0.146 e. The zero-order chi connectivity index (χ0) is 8.55. The molecule has 1 aliphatic rings. The highest BCUT2D eigenvalue weighted by atomic mass is 35.5. The van der Waals surface area contributed by atoms with Gasteiger partial charge in [0.25, 0.3) is 0 Å². The van der Waals surface area contributed by atoms with Crippen LogP contribution in [0.1, 0.15) is 18.0 Å². The van der Waals surface area contributed by atoms with Crippen LogP contribution in [0.3, 0.4) is 0 Å². The van der Waals surface area contributed by atoms with Crippen LogP contribution in [-0.4, -0.2) is 6.54 Å².